The van der Waals surface area contributed by atoms with Crippen LogP contribution in [0.15, 0.2) is 30.3 Å². The molecule has 0 amide bonds. The van der Waals surface area contributed by atoms with Crippen molar-refractivity contribution in [1.82, 2.24) is 10.2 Å². The molecule has 100 valence electrons. The molecule has 2 nitrogen and oxygen atoms in total. The smallest absolute Gasteiger partial charge is 0.0192 e. The molecule has 2 unspecified atom stereocenters. The van der Waals surface area contributed by atoms with Crippen LogP contribution in [-0.4, -0.2) is 36.6 Å². The van der Waals surface area contributed by atoms with Gasteiger partial charge in [-0.1, -0.05) is 44.2 Å². The highest BCUT2D eigenvalue weighted by molar-refractivity contribution is 5.21. The van der Waals surface area contributed by atoms with Crippen LogP contribution in [-0.2, 0) is 0 Å². The average Bonchev–Trinajstić information content (AvgIpc) is 2.86. The minimum Gasteiger partial charge on any atom is -0.313 e. The van der Waals surface area contributed by atoms with Crippen molar-refractivity contribution in [2.24, 2.45) is 0 Å². The first-order valence-corrected chi connectivity index (χ1v) is 7.19. The topological polar surface area (TPSA) is 15.3 Å². The lowest BCUT2D eigenvalue weighted by molar-refractivity contribution is 0.245. The second kappa shape index (κ2) is 6.35. The SMILES string of the molecule is CC(C)NCC(C)N1CCC(c2ccccc2)C1. The third kappa shape index (κ3) is 3.56. The van der Waals surface area contributed by atoms with Gasteiger partial charge >= 0.3 is 0 Å². The van der Waals surface area contributed by atoms with Gasteiger partial charge in [0, 0.05) is 25.2 Å². The highest BCUT2D eigenvalue weighted by atomic mass is 15.2. The first kappa shape index (κ1) is 13.6. The van der Waals surface area contributed by atoms with Gasteiger partial charge in [0.05, 0.1) is 0 Å². The average molecular weight is 246 g/mol. The lowest BCUT2D eigenvalue weighted by atomic mass is 9.99. The zero-order valence-corrected chi connectivity index (χ0v) is 11.9. The first-order valence-electron chi connectivity index (χ1n) is 7.19. The maximum atomic E-state index is 3.54. The minimum absolute atomic E-state index is 0.583. The van der Waals surface area contributed by atoms with E-state index in [1.165, 1.54) is 25.1 Å². The molecule has 0 saturated carbocycles. The molecule has 2 heteroatoms. The molecule has 1 aliphatic rings. The lowest BCUT2D eigenvalue weighted by Crippen LogP contribution is -2.41. The van der Waals surface area contributed by atoms with Crippen molar-refractivity contribution in [2.75, 3.05) is 19.6 Å². The summed E-state index contributed by atoms with van der Waals surface area (Å²) in [7, 11) is 0. The Hall–Kier alpha value is -0.860. The Morgan fingerprint density at radius 3 is 2.61 bits per heavy atom. The molecule has 1 aromatic carbocycles. The third-order valence-corrected chi connectivity index (χ3v) is 3.94. The van der Waals surface area contributed by atoms with Crippen molar-refractivity contribution in [2.45, 2.75) is 45.2 Å². The Balaban J connectivity index is 1.84. The van der Waals surface area contributed by atoms with Crippen molar-refractivity contribution < 1.29 is 0 Å². The maximum Gasteiger partial charge on any atom is 0.0192 e. The van der Waals surface area contributed by atoms with Gasteiger partial charge in [0.25, 0.3) is 0 Å². The summed E-state index contributed by atoms with van der Waals surface area (Å²) in [5.41, 5.74) is 1.50. The Bertz CT molecular complexity index is 347. The van der Waals surface area contributed by atoms with Gasteiger partial charge in [-0.15, -0.1) is 0 Å². The Morgan fingerprint density at radius 1 is 1.22 bits per heavy atom. The number of hydrogen-bond donors (Lipinski definition) is 1. The molecule has 1 aliphatic heterocycles. The van der Waals surface area contributed by atoms with Crippen LogP contribution in [0.3, 0.4) is 0 Å². The van der Waals surface area contributed by atoms with Gasteiger partial charge in [0.15, 0.2) is 0 Å². The molecule has 1 heterocycles. The predicted molar refractivity (Wildman–Crippen MR) is 78.0 cm³/mol. The van der Waals surface area contributed by atoms with E-state index in [1.807, 2.05) is 0 Å². The molecular weight excluding hydrogens is 220 g/mol. The van der Waals surface area contributed by atoms with Crippen LogP contribution in [0, 0.1) is 0 Å². The molecule has 0 spiro atoms. The van der Waals surface area contributed by atoms with Gasteiger partial charge in [0.2, 0.25) is 0 Å². The summed E-state index contributed by atoms with van der Waals surface area (Å²) < 4.78 is 0. The normalized spacial score (nSPS) is 22.6. The monoisotopic (exact) mass is 246 g/mol. The zero-order chi connectivity index (χ0) is 13.0. The van der Waals surface area contributed by atoms with Crippen LogP contribution in [0.25, 0.3) is 0 Å². The van der Waals surface area contributed by atoms with E-state index in [0.717, 1.165) is 12.5 Å². The Kier molecular flexibility index (Phi) is 4.79. The van der Waals surface area contributed by atoms with Gasteiger partial charge < -0.3 is 5.32 Å². The molecule has 1 saturated heterocycles. The number of rotatable bonds is 5. The van der Waals surface area contributed by atoms with Crippen molar-refractivity contribution in [3.8, 4) is 0 Å². The molecule has 0 aliphatic carbocycles. The highest BCUT2D eigenvalue weighted by Gasteiger charge is 2.26. The van der Waals surface area contributed by atoms with Crippen molar-refractivity contribution in [1.29, 1.82) is 0 Å². The number of likely N-dealkylation sites (tertiary alicyclic amines) is 1. The summed E-state index contributed by atoms with van der Waals surface area (Å²) in [6.07, 6.45) is 1.30. The fourth-order valence-electron chi connectivity index (χ4n) is 2.72. The molecule has 1 N–H and O–H groups in total. The second-order valence-electron chi connectivity index (χ2n) is 5.80. The van der Waals surface area contributed by atoms with E-state index in [-0.39, 0.29) is 0 Å². The third-order valence-electron chi connectivity index (χ3n) is 3.94. The Morgan fingerprint density at radius 2 is 1.94 bits per heavy atom. The summed E-state index contributed by atoms with van der Waals surface area (Å²) in [6, 6.07) is 12.2. The second-order valence-corrected chi connectivity index (χ2v) is 5.80. The molecule has 0 bridgehead atoms. The molecule has 0 aromatic heterocycles. The predicted octanol–water partition coefficient (Wildman–Crippen LogP) is 2.86. The maximum absolute atomic E-state index is 3.54. The van der Waals surface area contributed by atoms with E-state index in [4.69, 9.17) is 0 Å². The molecular formula is C16H26N2. The van der Waals surface area contributed by atoms with Gasteiger partial charge in [0.1, 0.15) is 0 Å². The summed E-state index contributed by atoms with van der Waals surface area (Å²) >= 11 is 0. The number of nitrogens with one attached hydrogen (secondary N) is 1. The fraction of sp³-hybridized carbons (Fsp3) is 0.625. The number of nitrogens with zero attached hydrogens (tertiary/aromatic N) is 1. The van der Waals surface area contributed by atoms with E-state index in [2.05, 4.69) is 61.3 Å². The van der Waals surface area contributed by atoms with Crippen molar-refractivity contribution >= 4 is 0 Å². The van der Waals surface area contributed by atoms with Crippen LogP contribution in [0.2, 0.25) is 0 Å². The van der Waals surface area contributed by atoms with Crippen molar-refractivity contribution in [3.63, 3.8) is 0 Å². The molecule has 18 heavy (non-hydrogen) atoms. The Labute approximate surface area is 111 Å². The van der Waals surface area contributed by atoms with E-state index >= 15 is 0 Å². The van der Waals surface area contributed by atoms with E-state index in [0.29, 0.717) is 12.1 Å². The standard InChI is InChI=1S/C16H26N2/c1-13(2)17-11-14(3)18-10-9-16(12-18)15-7-5-4-6-8-15/h4-8,13-14,16-17H,9-12H2,1-3H3. The highest BCUT2D eigenvalue weighted by Crippen LogP contribution is 2.27. The minimum atomic E-state index is 0.583. The number of hydrogen-bond acceptors (Lipinski definition) is 2. The van der Waals surface area contributed by atoms with Gasteiger partial charge in [-0.2, -0.15) is 0 Å². The van der Waals surface area contributed by atoms with Crippen LogP contribution in [0.5, 0.6) is 0 Å². The largest absolute Gasteiger partial charge is 0.313 e. The fourth-order valence-corrected chi connectivity index (χ4v) is 2.72. The van der Waals surface area contributed by atoms with Crippen LogP contribution < -0.4 is 5.32 Å². The molecule has 2 rings (SSSR count). The molecule has 1 fully saturated rings. The quantitative estimate of drug-likeness (QED) is 0.859. The van der Waals surface area contributed by atoms with E-state index < -0.39 is 0 Å². The van der Waals surface area contributed by atoms with Gasteiger partial charge in [-0.05, 0) is 31.4 Å². The van der Waals surface area contributed by atoms with Crippen molar-refractivity contribution in [3.05, 3.63) is 35.9 Å². The molecule has 0 radical (unpaired) electrons. The molecule has 1 aromatic rings. The first-order chi connectivity index (χ1) is 8.66. The molecule has 2 atom stereocenters. The van der Waals surface area contributed by atoms with Gasteiger partial charge in [-0.3, -0.25) is 4.90 Å². The summed E-state index contributed by atoms with van der Waals surface area (Å²) in [5, 5.41) is 3.54. The summed E-state index contributed by atoms with van der Waals surface area (Å²) in [5.74, 6) is 0.729. The summed E-state index contributed by atoms with van der Waals surface area (Å²) in [4.78, 5) is 2.62. The van der Waals surface area contributed by atoms with E-state index in [1.54, 1.807) is 0 Å². The van der Waals surface area contributed by atoms with E-state index in [9.17, 15) is 0 Å². The zero-order valence-electron chi connectivity index (χ0n) is 11.9. The van der Waals surface area contributed by atoms with Gasteiger partial charge in [-0.25, -0.2) is 0 Å². The summed E-state index contributed by atoms with van der Waals surface area (Å²) in [6.45, 7) is 10.3. The van der Waals surface area contributed by atoms with Crippen LogP contribution in [0.4, 0.5) is 0 Å². The number of benzene rings is 1. The van der Waals surface area contributed by atoms with Crippen LogP contribution in [0.1, 0.15) is 38.7 Å². The lowest BCUT2D eigenvalue weighted by Gasteiger charge is -2.25. The van der Waals surface area contributed by atoms with Crippen LogP contribution >= 0.6 is 0 Å².